The van der Waals surface area contributed by atoms with Crippen LogP contribution in [-0.2, 0) is 31.2 Å². The first-order valence-electron chi connectivity index (χ1n) is 8.98. The van der Waals surface area contributed by atoms with Gasteiger partial charge in [-0.25, -0.2) is 14.8 Å². The van der Waals surface area contributed by atoms with E-state index in [-0.39, 0.29) is 18.0 Å². The number of nitrogens with zero attached hydrogens (tertiary/aromatic N) is 4. The Kier molecular flexibility index (Phi) is 4.71. The number of ether oxygens (including phenoxy) is 1. The Labute approximate surface area is 164 Å². The number of nitrogens with two attached hydrogens (primary N) is 1. The van der Waals surface area contributed by atoms with Crippen molar-refractivity contribution in [3.8, 4) is 0 Å². The normalized spacial score (nSPS) is 13.9. The van der Waals surface area contributed by atoms with E-state index in [1.165, 1.54) is 40.1 Å². The highest BCUT2D eigenvalue weighted by Crippen LogP contribution is 2.37. The fourth-order valence-corrected chi connectivity index (χ4v) is 4.81. The summed E-state index contributed by atoms with van der Waals surface area (Å²) in [5.41, 5.74) is 7.37. The number of aryl methyl sites for hydroxylation is 3. The van der Waals surface area contributed by atoms with Gasteiger partial charge < -0.3 is 15.0 Å². The molecular weight excluding hydrogens is 382 g/mol. The van der Waals surface area contributed by atoms with Crippen LogP contribution in [0.5, 0.6) is 0 Å². The molecule has 0 saturated carbocycles. The van der Waals surface area contributed by atoms with Crippen LogP contribution in [0.25, 0.3) is 10.2 Å². The molecule has 10 heteroatoms. The topological polar surface area (TPSA) is 126 Å². The third kappa shape index (κ3) is 3.31. The molecule has 0 radical (unpaired) electrons. The van der Waals surface area contributed by atoms with Crippen LogP contribution in [-0.4, -0.2) is 25.4 Å². The predicted molar refractivity (Wildman–Crippen MR) is 104 cm³/mol. The van der Waals surface area contributed by atoms with Gasteiger partial charge in [0, 0.05) is 18.0 Å². The zero-order valence-corrected chi connectivity index (χ0v) is 16.1. The number of fused-ring (bicyclic) bond motifs is 3. The third-order valence-electron chi connectivity index (χ3n) is 4.88. The summed E-state index contributed by atoms with van der Waals surface area (Å²) in [7, 11) is 1.54. The molecule has 0 amide bonds. The summed E-state index contributed by atoms with van der Waals surface area (Å²) in [5.74, 6) is 0.0447. The van der Waals surface area contributed by atoms with Gasteiger partial charge in [-0.2, -0.15) is 0 Å². The Hall–Kier alpha value is -3.01. The number of hydrogen-bond acceptors (Lipinski definition) is 8. The minimum atomic E-state index is -0.681. The van der Waals surface area contributed by atoms with Crippen LogP contribution in [0.4, 0.5) is 11.5 Å². The van der Waals surface area contributed by atoms with Gasteiger partial charge >= 0.3 is 5.97 Å². The second kappa shape index (κ2) is 7.19. The van der Waals surface area contributed by atoms with Gasteiger partial charge in [0.1, 0.15) is 16.3 Å². The first-order valence-corrected chi connectivity index (χ1v) is 9.80. The Morgan fingerprint density at radius 1 is 1.36 bits per heavy atom. The Bertz CT molecular complexity index is 1090. The van der Waals surface area contributed by atoms with Crippen LogP contribution in [0, 0.1) is 10.1 Å². The maximum Gasteiger partial charge on any atom is 0.355 e. The maximum absolute atomic E-state index is 12.3. The number of esters is 1. The third-order valence-corrected chi connectivity index (χ3v) is 6.07. The highest BCUT2D eigenvalue weighted by molar-refractivity contribution is 7.19. The van der Waals surface area contributed by atoms with Crippen LogP contribution >= 0.6 is 11.3 Å². The minimum Gasteiger partial charge on any atom is -0.453 e. The van der Waals surface area contributed by atoms with E-state index in [1.807, 2.05) is 0 Å². The largest absolute Gasteiger partial charge is 0.453 e. The van der Waals surface area contributed by atoms with Crippen molar-refractivity contribution in [2.45, 2.75) is 38.7 Å². The monoisotopic (exact) mass is 401 g/mol. The van der Waals surface area contributed by atoms with Crippen molar-refractivity contribution < 1.29 is 14.5 Å². The number of aromatic nitrogens is 3. The lowest BCUT2D eigenvalue weighted by molar-refractivity contribution is -0.384. The number of hydrogen-bond donors (Lipinski definition) is 1. The molecule has 0 bridgehead atoms. The van der Waals surface area contributed by atoms with E-state index in [0.717, 1.165) is 29.5 Å². The average molecular weight is 401 g/mol. The smallest absolute Gasteiger partial charge is 0.355 e. The number of thiophene rings is 1. The molecule has 0 aromatic carbocycles. The second-order valence-corrected chi connectivity index (χ2v) is 7.88. The molecule has 1 aliphatic rings. The van der Waals surface area contributed by atoms with Crippen molar-refractivity contribution in [1.29, 1.82) is 0 Å². The quantitative estimate of drug-likeness (QED) is 0.308. The van der Waals surface area contributed by atoms with E-state index in [4.69, 9.17) is 10.5 Å². The van der Waals surface area contributed by atoms with Gasteiger partial charge in [0.05, 0.1) is 16.5 Å². The average Bonchev–Trinajstić information content (AvgIpc) is 3.13. The molecule has 146 valence electrons. The summed E-state index contributed by atoms with van der Waals surface area (Å²) < 4.78 is 6.61. The van der Waals surface area contributed by atoms with Gasteiger partial charge in [0.2, 0.25) is 0 Å². The highest BCUT2D eigenvalue weighted by atomic mass is 32.1. The molecule has 9 nitrogen and oxygen atoms in total. The van der Waals surface area contributed by atoms with Crippen molar-refractivity contribution in [3.05, 3.63) is 44.3 Å². The van der Waals surface area contributed by atoms with Crippen molar-refractivity contribution in [1.82, 2.24) is 14.5 Å². The summed E-state index contributed by atoms with van der Waals surface area (Å²) in [5, 5.41) is 11.8. The zero-order valence-electron chi connectivity index (χ0n) is 15.3. The number of nitrogen functional groups attached to an aromatic ring is 1. The number of nitro groups is 1. The summed E-state index contributed by atoms with van der Waals surface area (Å²) in [6, 6.07) is 1.18. The molecule has 1 aliphatic carbocycles. The van der Waals surface area contributed by atoms with E-state index in [2.05, 4.69) is 9.97 Å². The zero-order chi connectivity index (χ0) is 19.8. The molecule has 0 fully saturated rings. The fraction of sp³-hybridized carbons (Fsp3) is 0.389. The van der Waals surface area contributed by atoms with E-state index < -0.39 is 10.9 Å². The molecule has 3 heterocycles. The molecule has 0 atom stereocenters. The molecule has 3 aromatic rings. The maximum atomic E-state index is 12.3. The predicted octanol–water partition coefficient (Wildman–Crippen LogP) is 3.15. The number of carbonyl (C=O) groups is 1. The molecule has 4 rings (SSSR count). The first kappa shape index (κ1) is 18.4. The first-order chi connectivity index (χ1) is 13.4. The minimum absolute atomic E-state index is 0.0867. The highest BCUT2D eigenvalue weighted by Gasteiger charge is 2.21. The fourth-order valence-electron chi connectivity index (χ4n) is 3.53. The van der Waals surface area contributed by atoms with Gasteiger partial charge in [0.15, 0.2) is 12.4 Å². The van der Waals surface area contributed by atoms with Crippen LogP contribution in [0.15, 0.2) is 12.3 Å². The summed E-state index contributed by atoms with van der Waals surface area (Å²) in [6.45, 7) is -0.152. The van der Waals surface area contributed by atoms with Crippen molar-refractivity contribution >= 4 is 39.0 Å². The number of anilines is 1. The lowest BCUT2D eigenvalue weighted by Crippen LogP contribution is -2.11. The summed E-state index contributed by atoms with van der Waals surface area (Å²) in [6.07, 6.45) is 6.81. The van der Waals surface area contributed by atoms with E-state index >= 15 is 0 Å². The van der Waals surface area contributed by atoms with Crippen LogP contribution in [0.1, 0.15) is 46.0 Å². The molecule has 0 spiro atoms. The Morgan fingerprint density at radius 3 is 2.89 bits per heavy atom. The van der Waals surface area contributed by atoms with Gasteiger partial charge in [-0.1, -0.05) is 6.42 Å². The lowest BCUT2D eigenvalue weighted by Gasteiger charge is -2.06. The molecule has 0 aliphatic heterocycles. The van der Waals surface area contributed by atoms with Crippen LogP contribution in [0.3, 0.4) is 0 Å². The molecule has 3 aromatic heterocycles. The van der Waals surface area contributed by atoms with Crippen LogP contribution < -0.4 is 5.73 Å². The van der Waals surface area contributed by atoms with Gasteiger partial charge in [-0.3, -0.25) is 10.1 Å². The van der Waals surface area contributed by atoms with Crippen molar-refractivity contribution in [2.75, 3.05) is 5.73 Å². The summed E-state index contributed by atoms with van der Waals surface area (Å²) in [4.78, 5) is 33.5. The number of rotatable bonds is 4. The van der Waals surface area contributed by atoms with Crippen LogP contribution in [0.2, 0.25) is 0 Å². The molecule has 2 N–H and O–H groups in total. The van der Waals surface area contributed by atoms with Gasteiger partial charge in [-0.05, 0) is 31.2 Å². The molecule has 0 saturated heterocycles. The molecular formula is C18H19N5O4S. The molecule has 28 heavy (non-hydrogen) atoms. The second-order valence-electron chi connectivity index (χ2n) is 6.80. The van der Waals surface area contributed by atoms with Crippen molar-refractivity contribution in [3.63, 3.8) is 0 Å². The van der Waals surface area contributed by atoms with E-state index in [1.54, 1.807) is 18.4 Å². The standard InChI is InChI=1S/C18H19N5O4S/c1-22-8-10(23(25)26)7-12(22)18(24)27-9-14-20-16(19)15-11-5-3-2-4-6-13(11)28-17(15)21-14/h7-8H,2-6,9H2,1H3,(H2,19,20,21). The van der Waals surface area contributed by atoms with E-state index in [9.17, 15) is 14.9 Å². The van der Waals surface area contributed by atoms with Crippen molar-refractivity contribution in [2.24, 2.45) is 7.05 Å². The SMILES string of the molecule is Cn1cc([N+](=O)[O-])cc1C(=O)OCc1nc(N)c2c3c(sc2n1)CCCCC3. The number of carbonyl (C=O) groups excluding carboxylic acids is 1. The van der Waals surface area contributed by atoms with Gasteiger partial charge in [-0.15, -0.1) is 11.3 Å². The summed E-state index contributed by atoms with van der Waals surface area (Å²) >= 11 is 1.63. The Morgan fingerprint density at radius 2 is 2.14 bits per heavy atom. The lowest BCUT2D eigenvalue weighted by atomic mass is 10.1. The van der Waals surface area contributed by atoms with Gasteiger partial charge in [0.25, 0.3) is 5.69 Å². The Balaban J connectivity index is 1.55. The molecule has 0 unspecified atom stereocenters. The van der Waals surface area contributed by atoms with E-state index in [0.29, 0.717) is 11.6 Å².